The van der Waals surface area contributed by atoms with Crippen LogP contribution in [0.3, 0.4) is 0 Å². The summed E-state index contributed by atoms with van der Waals surface area (Å²) in [5, 5.41) is 14.3. The quantitative estimate of drug-likeness (QED) is 0.590. The molecule has 128 valence electrons. The van der Waals surface area contributed by atoms with Crippen molar-refractivity contribution in [1.29, 1.82) is 0 Å². The molecule has 0 radical (unpaired) electrons. The first kappa shape index (κ1) is 17.0. The van der Waals surface area contributed by atoms with Gasteiger partial charge in [-0.3, -0.25) is 14.4 Å². The van der Waals surface area contributed by atoms with E-state index in [1.807, 2.05) is 0 Å². The van der Waals surface area contributed by atoms with Crippen LogP contribution in [-0.2, 0) is 4.79 Å². The van der Waals surface area contributed by atoms with Gasteiger partial charge in [0.25, 0.3) is 0 Å². The molecule has 1 amide bonds. The van der Waals surface area contributed by atoms with Gasteiger partial charge in [-0.1, -0.05) is 36.4 Å². The highest BCUT2D eigenvalue weighted by Crippen LogP contribution is 2.31. The Morgan fingerprint density at radius 1 is 0.920 bits per heavy atom. The van der Waals surface area contributed by atoms with Crippen LogP contribution in [0.5, 0.6) is 0 Å². The molecular weight excluding hydrogens is 320 g/mol. The second-order valence-corrected chi connectivity index (χ2v) is 5.73. The van der Waals surface area contributed by atoms with E-state index in [1.54, 1.807) is 42.5 Å². The Morgan fingerprint density at radius 2 is 1.60 bits per heavy atom. The minimum Gasteiger partial charge on any atom is -0.396 e. The molecule has 0 bridgehead atoms. The van der Waals surface area contributed by atoms with Crippen molar-refractivity contribution >= 4 is 23.2 Å². The molecule has 25 heavy (non-hydrogen) atoms. The lowest BCUT2D eigenvalue weighted by molar-refractivity contribution is -0.115. The van der Waals surface area contributed by atoms with Gasteiger partial charge in [0.05, 0.1) is 17.8 Å². The Kier molecular flexibility index (Phi) is 5.02. The maximum atomic E-state index is 12.8. The van der Waals surface area contributed by atoms with Crippen molar-refractivity contribution in [3.05, 3.63) is 64.7 Å². The molecule has 6 nitrogen and oxygen atoms in total. The zero-order valence-electron chi connectivity index (χ0n) is 13.5. The summed E-state index contributed by atoms with van der Waals surface area (Å²) in [7, 11) is 0. The normalized spacial score (nSPS) is 12.5. The van der Waals surface area contributed by atoms with Crippen LogP contribution in [0.15, 0.2) is 42.5 Å². The summed E-state index contributed by atoms with van der Waals surface area (Å²) >= 11 is 0. The number of anilines is 1. The molecule has 0 unspecified atom stereocenters. The zero-order valence-corrected chi connectivity index (χ0v) is 13.5. The highest BCUT2D eigenvalue weighted by atomic mass is 16.3. The molecule has 0 saturated heterocycles. The van der Waals surface area contributed by atoms with Gasteiger partial charge in [0, 0.05) is 23.3 Å². The largest absolute Gasteiger partial charge is 0.396 e. The van der Waals surface area contributed by atoms with Crippen LogP contribution in [0, 0.1) is 0 Å². The van der Waals surface area contributed by atoms with E-state index in [1.165, 1.54) is 0 Å². The van der Waals surface area contributed by atoms with Crippen LogP contribution >= 0.6 is 0 Å². The number of carbonyl (C=O) groups is 3. The number of aliphatic hydroxyl groups excluding tert-OH is 1. The second-order valence-electron chi connectivity index (χ2n) is 5.73. The zero-order chi connectivity index (χ0) is 17.8. The van der Waals surface area contributed by atoms with E-state index in [2.05, 4.69) is 10.6 Å². The fourth-order valence-corrected chi connectivity index (χ4v) is 2.85. The van der Waals surface area contributed by atoms with E-state index in [4.69, 9.17) is 5.11 Å². The van der Waals surface area contributed by atoms with E-state index in [0.717, 1.165) is 0 Å². The molecule has 0 heterocycles. The maximum Gasteiger partial charge on any atom is 0.238 e. The lowest BCUT2D eigenvalue weighted by Gasteiger charge is -2.20. The van der Waals surface area contributed by atoms with Crippen LogP contribution in [0.2, 0.25) is 0 Å². The van der Waals surface area contributed by atoms with E-state index >= 15 is 0 Å². The van der Waals surface area contributed by atoms with Gasteiger partial charge in [0.1, 0.15) is 0 Å². The topological polar surface area (TPSA) is 95.5 Å². The molecule has 0 spiro atoms. The number of fused-ring (bicyclic) bond motifs is 2. The Balaban J connectivity index is 1.86. The van der Waals surface area contributed by atoms with Gasteiger partial charge in [-0.05, 0) is 19.0 Å². The summed E-state index contributed by atoms with van der Waals surface area (Å²) in [5.41, 5.74) is 1.60. The van der Waals surface area contributed by atoms with Crippen molar-refractivity contribution < 1.29 is 19.5 Å². The van der Waals surface area contributed by atoms with E-state index in [9.17, 15) is 14.4 Å². The summed E-state index contributed by atoms with van der Waals surface area (Å²) in [5.74, 6) is -0.804. The van der Waals surface area contributed by atoms with Crippen LogP contribution in [0.1, 0.15) is 38.3 Å². The number of hydrogen-bond donors (Lipinski definition) is 3. The molecule has 3 N–H and O–H groups in total. The van der Waals surface area contributed by atoms with E-state index in [0.29, 0.717) is 35.3 Å². The highest BCUT2D eigenvalue weighted by Gasteiger charge is 2.31. The number of hydrogen-bond acceptors (Lipinski definition) is 5. The summed E-state index contributed by atoms with van der Waals surface area (Å²) < 4.78 is 0. The molecule has 0 saturated carbocycles. The second kappa shape index (κ2) is 7.38. The predicted molar refractivity (Wildman–Crippen MR) is 93.0 cm³/mol. The molecule has 1 aliphatic rings. The fourth-order valence-electron chi connectivity index (χ4n) is 2.85. The fraction of sp³-hybridized carbons (Fsp3) is 0.211. The minimum absolute atomic E-state index is 0.0524. The standard InChI is InChI=1S/C19H18N2O4/c22-10-4-9-20-11-16(23)21-15-8-3-7-14-17(15)19(25)13-6-2-1-5-12(13)18(14)24/h1-3,5-8,20,22H,4,9-11H2,(H,21,23). The van der Waals surface area contributed by atoms with Gasteiger partial charge in [-0.25, -0.2) is 0 Å². The number of nitrogens with one attached hydrogen (secondary N) is 2. The number of rotatable bonds is 6. The third kappa shape index (κ3) is 3.35. The number of amides is 1. The molecule has 6 heteroatoms. The molecule has 0 atom stereocenters. The summed E-state index contributed by atoms with van der Waals surface area (Å²) in [6.45, 7) is 0.626. The number of aliphatic hydroxyl groups is 1. The van der Waals surface area contributed by atoms with Crippen molar-refractivity contribution in [2.24, 2.45) is 0 Å². The van der Waals surface area contributed by atoms with Gasteiger partial charge in [-0.2, -0.15) is 0 Å². The molecule has 0 aromatic heterocycles. The van der Waals surface area contributed by atoms with Gasteiger partial charge >= 0.3 is 0 Å². The number of carbonyl (C=O) groups excluding carboxylic acids is 3. The summed E-state index contributed by atoms with van der Waals surface area (Å²) in [6, 6.07) is 11.5. The Bertz CT molecular complexity index is 845. The number of benzene rings is 2. The Hall–Kier alpha value is -2.83. The molecule has 0 aliphatic heterocycles. The minimum atomic E-state index is -0.314. The van der Waals surface area contributed by atoms with Gasteiger partial charge in [0.15, 0.2) is 11.6 Å². The van der Waals surface area contributed by atoms with Crippen LogP contribution in [0.4, 0.5) is 5.69 Å². The molecule has 3 rings (SSSR count). The van der Waals surface area contributed by atoms with Crippen molar-refractivity contribution in [3.63, 3.8) is 0 Å². The molecule has 0 fully saturated rings. The van der Waals surface area contributed by atoms with Crippen LogP contribution in [-0.4, -0.2) is 42.3 Å². The summed E-state index contributed by atoms with van der Waals surface area (Å²) in [6.07, 6.45) is 0.553. The average Bonchev–Trinajstić information content (AvgIpc) is 2.63. The maximum absolute atomic E-state index is 12.8. The lowest BCUT2D eigenvalue weighted by atomic mass is 9.83. The Morgan fingerprint density at radius 3 is 2.32 bits per heavy atom. The molecule has 1 aliphatic carbocycles. The van der Waals surface area contributed by atoms with Gasteiger partial charge in [0.2, 0.25) is 5.91 Å². The molecule has 2 aromatic carbocycles. The molecule has 2 aromatic rings. The molecular formula is C19H18N2O4. The first-order valence-corrected chi connectivity index (χ1v) is 8.06. The number of ketones is 2. The monoisotopic (exact) mass is 338 g/mol. The van der Waals surface area contributed by atoms with E-state index in [-0.39, 0.29) is 36.2 Å². The average molecular weight is 338 g/mol. The van der Waals surface area contributed by atoms with Crippen molar-refractivity contribution in [2.45, 2.75) is 6.42 Å². The first-order chi connectivity index (χ1) is 12.1. The lowest BCUT2D eigenvalue weighted by Crippen LogP contribution is -2.30. The van der Waals surface area contributed by atoms with Gasteiger partial charge in [-0.15, -0.1) is 0 Å². The smallest absolute Gasteiger partial charge is 0.238 e. The van der Waals surface area contributed by atoms with Gasteiger partial charge < -0.3 is 15.7 Å². The Labute approximate surface area is 144 Å². The van der Waals surface area contributed by atoms with Crippen molar-refractivity contribution in [2.75, 3.05) is 25.0 Å². The predicted octanol–water partition coefficient (Wildman–Crippen LogP) is 1.37. The van der Waals surface area contributed by atoms with E-state index < -0.39 is 0 Å². The van der Waals surface area contributed by atoms with Crippen LogP contribution < -0.4 is 10.6 Å². The van der Waals surface area contributed by atoms with Crippen molar-refractivity contribution in [1.82, 2.24) is 5.32 Å². The first-order valence-electron chi connectivity index (χ1n) is 8.06. The third-order valence-corrected chi connectivity index (χ3v) is 4.02. The third-order valence-electron chi connectivity index (χ3n) is 4.02. The van der Waals surface area contributed by atoms with Crippen molar-refractivity contribution in [3.8, 4) is 0 Å². The SMILES string of the molecule is O=C(CNCCCO)Nc1cccc2c1C(=O)c1ccccc1C2=O. The summed E-state index contributed by atoms with van der Waals surface area (Å²) in [4.78, 5) is 37.5. The van der Waals surface area contributed by atoms with Crippen LogP contribution in [0.25, 0.3) is 0 Å². The highest BCUT2D eigenvalue weighted by molar-refractivity contribution is 6.30.